The molecule has 0 saturated carbocycles. The third-order valence-electron chi connectivity index (χ3n) is 4.05. The van der Waals surface area contributed by atoms with Crippen molar-refractivity contribution in [2.24, 2.45) is 0 Å². The molecule has 2 N–H and O–H groups in total. The average molecular weight is 469 g/mol. The van der Waals surface area contributed by atoms with Gasteiger partial charge in [0.2, 0.25) is 11.8 Å². The van der Waals surface area contributed by atoms with Gasteiger partial charge in [0.25, 0.3) is 0 Å². The lowest BCUT2D eigenvalue weighted by molar-refractivity contribution is -0.150. The Bertz CT molecular complexity index is 657. The number of hydrogen-bond acceptors (Lipinski definition) is 8. The first-order chi connectivity index (χ1) is 16.1. The summed E-state index contributed by atoms with van der Waals surface area (Å²) in [5, 5.41) is 5.41. The second-order valence-electron chi connectivity index (χ2n) is 6.93. The topological polar surface area (TPSA) is 121 Å². The Morgan fingerprint density at radius 2 is 1.30 bits per heavy atom. The molecule has 0 aliphatic heterocycles. The number of amides is 2. The van der Waals surface area contributed by atoms with E-state index < -0.39 is 5.97 Å². The molecule has 0 aliphatic rings. The second-order valence-corrected chi connectivity index (χ2v) is 6.93. The molecule has 0 bridgehead atoms. The van der Waals surface area contributed by atoms with E-state index in [1.807, 2.05) is 37.3 Å². The highest BCUT2D eigenvalue weighted by atomic mass is 16.6. The highest BCUT2D eigenvalue weighted by Gasteiger charge is 2.04. The number of benzene rings is 1. The van der Waals surface area contributed by atoms with Gasteiger partial charge in [0.15, 0.2) is 0 Å². The van der Waals surface area contributed by atoms with Crippen LogP contribution in [0.1, 0.15) is 25.3 Å². The number of ether oxygens (including phenoxy) is 5. The van der Waals surface area contributed by atoms with Gasteiger partial charge in [-0.1, -0.05) is 37.3 Å². The lowest BCUT2D eigenvalue weighted by atomic mass is 10.2. The van der Waals surface area contributed by atoms with Crippen molar-refractivity contribution in [2.75, 3.05) is 65.9 Å². The van der Waals surface area contributed by atoms with E-state index in [2.05, 4.69) is 10.6 Å². The van der Waals surface area contributed by atoms with Crippen LogP contribution in [0.15, 0.2) is 30.3 Å². The summed E-state index contributed by atoms with van der Waals surface area (Å²) in [6, 6.07) is 9.40. The summed E-state index contributed by atoms with van der Waals surface area (Å²) >= 11 is 0. The minimum absolute atomic E-state index is 0.0183. The van der Waals surface area contributed by atoms with Crippen molar-refractivity contribution < 1.29 is 38.1 Å². The molecule has 10 heteroatoms. The van der Waals surface area contributed by atoms with E-state index in [0.29, 0.717) is 45.9 Å². The van der Waals surface area contributed by atoms with Crippen LogP contribution in [0.5, 0.6) is 0 Å². The molecule has 1 aromatic rings. The first kappa shape index (κ1) is 28.5. The van der Waals surface area contributed by atoms with Gasteiger partial charge in [-0.25, -0.2) is 4.79 Å². The lowest BCUT2D eigenvalue weighted by Crippen LogP contribution is -2.31. The van der Waals surface area contributed by atoms with Gasteiger partial charge in [-0.3, -0.25) is 9.59 Å². The summed E-state index contributed by atoms with van der Waals surface area (Å²) in [4.78, 5) is 34.5. The summed E-state index contributed by atoms with van der Waals surface area (Å²) in [6.45, 7) is 4.68. The minimum Gasteiger partial charge on any atom is -0.459 e. The van der Waals surface area contributed by atoms with Crippen molar-refractivity contribution in [3.8, 4) is 0 Å². The number of rotatable bonds is 20. The van der Waals surface area contributed by atoms with Gasteiger partial charge in [-0.05, 0) is 12.0 Å². The van der Waals surface area contributed by atoms with Crippen LogP contribution < -0.4 is 10.6 Å². The summed E-state index contributed by atoms with van der Waals surface area (Å²) in [5.41, 5.74) is 0.916. The zero-order chi connectivity index (χ0) is 24.0. The van der Waals surface area contributed by atoms with Crippen LogP contribution in [0.3, 0.4) is 0 Å². The molecule has 186 valence electrons. The van der Waals surface area contributed by atoms with Gasteiger partial charge >= 0.3 is 5.97 Å². The fourth-order valence-corrected chi connectivity index (χ4v) is 2.43. The number of hydrogen-bond donors (Lipinski definition) is 2. The molecule has 0 atom stereocenters. The molecule has 0 unspecified atom stereocenters. The fraction of sp³-hybridized carbons (Fsp3) is 0.609. The lowest BCUT2D eigenvalue weighted by Gasteiger charge is -2.09. The highest BCUT2D eigenvalue weighted by molar-refractivity contribution is 5.77. The third kappa shape index (κ3) is 17.7. The molecule has 0 aliphatic carbocycles. The molecule has 2 amide bonds. The van der Waals surface area contributed by atoms with E-state index >= 15 is 0 Å². The Hall–Kier alpha value is -2.53. The van der Waals surface area contributed by atoms with Crippen LogP contribution in [0.25, 0.3) is 0 Å². The van der Waals surface area contributed by atoms with Crippen molar-refractivity contribution in [3.63, 3.8) is 0 Å². The zero-order valence-corrected chi connectivity index (χ0v) is 19.3. The molecular formula is C23H36N2O8. The first-order valence-electron chi connectivity index (χ1n) is 11.2. The van der Waals surface area contributed by atoms with Gasteiger partial charge in [0.05, 0.1) is 39.6 Å². The number of carbonyl (C=O) groups excluding carboxylic acids is 3. The molecule has 0 radical (unpaired) electrons. The van der Waals surface area contributed by atoms with Gasteiger partial charge in [-0.2, -0.15) is 0 Å². The van der Waals surface area contributed by atoms with Crippen molar-refractivity contribution in [2.45, 2.75) is 26.4 Å². The van der Waals surface area contributed by atoms with Crippen molar-refractivity contribution in [3.05, 3.63) is 35.9 Å². The minimum atomic E-state index is -0.435. The van der Waals surface area contributed by atoms with Crippen molar-refractivity contribution in [1.82, 2.24) is 10.6 Å². The number of esters is 1. The van der Waals surface area contributed by atoms with Crippen molar-refractivity contribution >= 4 is 17.8 Å². The quantitative estimate of drug-likeness (QED) is 0.213. The van der Waals surface area contributed by atoms with Gasteiger partial charge in [-0.15, -0.1) is 0 Å². The smallest absolute Gasteiger partial charge is 0.332 e. The summed E-state index contributed by atoms with van der Waals surface area (Å²) in [7, 11) is 0. The van der Waals surface area contributed by atoms with Crippen LogP contribution >= 0.6 is 0 Å². The van der Waals surface area contributed by atoms with Crippen LogP contribution in [0.2, 0.25) is 0 Å². The van der Waals surface area contributed by atoms with E-state index in [-0.39, 0.29) is 44.8 Å². The SMILES string of the molecule is CCCC(=O)NCCOCCOCC(=O)NCCOCCOCC(=O)OCc1ccccc1. The van der Waals surface area contributed by atoms with E-state index in [0.717, 1.165) is 12.0 Å². The van der Waals surface area contributed by atoms with E-state index in [1.54, 1.807) is 0 Å². The molecule has 1 aromatic carbocycles. The molecule has 0 aromatic heterocycles. The fourth-order valence-electron chi connectivity index (χ4n) is 2.43. The van der Waals surface area contributed by atoms with Gasteiger partial charge in [0.1, 0.15) is 19.8 Å². The molecular weight excluding hydrogens is 432 g/mol. The maximum Gasteiger partial charge on any atom is 0.332 e. The third-order valence-corrected chi connectivity index (χ3v) is 4.05. The monoisotopic (exact) mass is 468 g/mol. The Morgan fingerprint density at radius 3 is 1.94 bits per heavy atom. The second kappa shape index (κ2) is 20.1. The van der Waals surface area contributed by atoms with Crippen LogP contribution in [0, 0.1) is 0 Å². The maximum atomic E-state index is 11.6. The standard InChI is InChI=1S/C23H36N2O8/c1-2-6-21(26)24-9-11-29-13-15-31-18-22(27)25-10-12-30-14-16-32-19-23(28)33-17-20-7-4-3-5-8-20/h3-5,7-8H,2,6,9-19H2,1H3,(H,24,26)(H,25,27). The predicted molar refractivity (Wildman–Crippen MR) is 120 cm³/mol. The van der Waals surface area contributed by atoms with Crippen LogP contribution in [0.4, 0.5) is 0 Å². The molecule has 33 heavy (non-hydrogen) atoms. The number of carbonyl (C=O) groups is 3. The molecule has 0 spiro atoms. The summed E-state index contributed by atoms with van der Waals surface area (Å²) < 4.78 is 26.1. The Morgan fingerprint density at radius 1 is 0.727 bits per heavy atom. The first-order valence-corrected chi connectivity index (χ1v) is 11.2. The average Bonchev–Trinajstić information content (AvgIpc) is 2.82. The zero-order valence-electron chi connectivity index (χ0n) is 19.3. The Labute approximate surface area is 195 Å². The van der Waals surface area contributed by atoms with Crippen molar-refractivity contribution in [1.29, 1.82) is 0 Å². The van der Waals surface area contributed by atoms with E-state index in [4.69, 9.17) is 23.7 Å². The van der Waals surface area contributed by atoms with Gasteiger partial charge < -0.3 is 34.3 Å². The van der Waals surface area contributed by atoms with Crippen LogP contribution in [-0.2, 0) is 44.7 Å². The molecule has 10 nitrogen and oxygen atoms in total. The largest absolute Gasteiger partial charge is 0.459 e. The van der Waals surface area contributed by atoms with Gasteiger partial charge in [0, 0.05) is 19.5 Å². The molecule has 0 fully saturated rings. The van der Waals surface area contributed by atoms with E-state index in [1.165, 1.54) is 0 Å². The summed E-state index contributed by atoms with van der Waals surface area (Å²) in [6.07, 6.45) is 1.33. The van der Waals surface area contributed by atoms with Crippen LogP contribution in [-0.4, -0.2) is 83.7 Å². The highest BCUT2D eigenvalue weighted by Crippen LogP contribution is 2.00. The predicted octanol–water partition coefficient (Wildman–Crippen LogP) is 0.829. The molecule has 0 saturated heterocycles. The number of nitrogens with one attached hydrogen (secondary N) is 2. The summed E-state index contributed by atoms with van der Waals surface area (Å²) in [5.74, 6) is -0.664. The maximum absolute atomic E-state index is 11.6. The Kier molecular flexibility index (Phi) is 17.4. The molecule has 0 heterocycles. The Balaban J connectivity index is 1.82. The molecule has 1 rings (SSSR count). The van der Waals surface area contributed by atoms with E-state index in [9.17, 15) is 14.4 Å². The normalized spacial score (nSPS) is 10.6.